The molecule has 0 aliphatic heterocycles. The summed E-state index contributed by atoms with van der Waals surface area (Å²) in [6, 6.07) is 5.12. The first-order valence-electron chi connectivity index (χ1n) is 7.08. The topological polar surface area (TPSA) is 62.6 Å². The summed E-state index contributed by atoms with van der Waals surface area (Å²) >= 11 is 3.26. The second kappa shape index (κ2) is 7.77. The quantitative estimate of drug-likeness (QED) is 0.661. The van der Waals surface area contributed by atoms with Gasteiger partial charge in [-0.2, -0.15) is 5.10 Å². The predicted molar refractivity (Wildman–Crippen MR) is 84.3 cm³/mol. The first-order chi connectivity index (χ1) is 11.7. The van der Waals surface area contributed by atoms with Gasteiger partial charge in [0, 0.05) is 13.1 Å². The molecule has 0 N–H and O–H groups in total. The van der Waals surface area contributed by atoms with Crippen LogP contribution in [-0.2, 0) is 18.4 Å². The number of ether oxygens (including phenoxy) is 3. The first kappa shape index (κ1) is 19.1. The Kier molecular flexibility index (Phi) is 5.93. The minimum Gasteiger partial charge on any atom is -0.487 e. The maximum Gasteiger partial charge on any atom is 0.573 e. The zero-order valence-corrected chi connectivity index (χ0v) is 14.8. The summed E-state index contributed by atoms with van der Waals surface area (Å²) in [5.41, 5.74) is 0.613. The molecule has 0 saturated carbocycles. The number of alkyl halides is 3. The van der Waals surface area contributed by atoms with E-state index in [4.69, 9.17) is 9.47 Å². The molecule has 2 aromatic rings. The van der Waals surface area contributed by atoms with Crippen molar-refractivity contribution in [2.24, 2.45) is 7.05 Å². The van der Waals surface area contributed by atoms with E-state index < -0.39 is 18.1 Å². The van der Waals surface area contributed by atoms with Gasteiger partial charge in [0.25, 0.3) is 0 Å². The van der Waals surface area contributed by atoms with Gasteiger partial charge in [0.15, 0.2) is 5.69 Å². The Morgan fingerprint density at radius 1 is 1.32 bits per heavy atom. The molecule has 1 heterocycles. The van der Waals surface area contributed by atoms with Gasteiger partial charge in [0.1, 0.15) is 23.8 Å². The van der Waals surface area contributed by atoms with Crippen LogP contribution in [0.1, 0.15) is 23.1 Å². The largest absolute Gasteiger partial charge is 0.573 e. The molecule has 0 saturated heterocycles. The van der Waals surface area contributed by atoms with Crippen LogP contribution in [0.15, 0.2) is 28.7 Å². The molecule has 136 valence electrons. The van der Waals surface area contributed by atoms with E-state index in [9.17, 15) is 18.0 Å². The Hall–Kier alpha value is -2.23. The molecule has 0 fully saturated rings. The van der Waals surface area contributed by atoms with Crippen molar-refractivity contribution >= 4 is 21.9 Å². The number of nitrogens with zero attached hydrogens (tertiary/aromatic N) is 2. The third-order valence-electron chi connectivity index (χ3n) is 2.94. The number of rotatable bonds is 6. The summed E-state index contributed by atoms with van der Waals surface area (Å²) in [5, 5.41) is 4.14. The highest BCUT2D eigenvalue weighted by Gasteiger charge is 2.31. The number of esters is 1. The van der Waals surface area contributed by atoms with Crippen LogP contribution in [0.5, 0.6) is 11.5 Å². The Labute approximate surface area is 149 Å². The lowest BCUT2D eigenvalue weighted by atomic mass is 10.3. The molecule has 0 unspecified atom stereocenters. The van der Waals surface area contributed by atoms with Crippen LogP contribution in [0, 0.1) is 0 Å². The maximum atomic E-state index is 12.2. The number of benzene rings is 1. The number of carbonyl (C=O) groups is 1. The van der Waals surface area contributed by atoms with Crippen LogP contribution in [0.3, 0.4) is 0 Å². The Balaban J connectivity index is 2.11. The lowest BCUT2D eigenvalue weighted by Gasteiger charge is -2.10. The van der Waals surface area contributed by atoms with Crippen molar-refractivity contribution in [3.05, 3.63) is 40.1 Å². The number of aromatic nitrogens is 2. The smallest absolute Gasteiger partial charge is 0.487 e. The SMILES string of the molecule is CCOC(=O)c1c(Br)c(COc2cccc(OC(F)(F)F)c2)nn1C. The van der Waals surface area contributed by atoms with Crippen molar-refractivity contribution in [2.75, 3.05) is 6.61 Å². The number of carbonyl (C=O) groups excluding carboxylic acids is 1. The lowest BCUT2D eigenvalue weighted by Crippen LogP contribution is -2.17. The molecule has 0 radical (unpaired) electrons. The van der Waals surface area contributed by atoms with Crippen LogP contribution in [0.4, 0.5) is 13.2 Å². The van der Waals surface area contributed by atoms with Crippen LogP contribution in [0.25, 0.3) is 0 Å². The fourth-order valence-electron chi connectivity index (χ4n) is 1.98. The summed E-state index contributed by atoms with van der Waals surface area (Å²) in [5.74, 6) is -0.773. The molecule has 2 rings (SSSR count). The summed E-state index contributed by atoms with van der Waals surface area (Å²) in [6.45, 7) is 1.83. The number of hydrogen-bond donors (Lipinski definition) is 0. The highest BCUT2D eigenvalue weighted by Crippen LogP contribution is 2.27. The summed E-state index contributed by atoms with van der Waals surface area (Å²) in [7, 11) is 1.57. The molecule has 0 aliphatic carbocycles. The van der Waals surface area contributed by atoms with Gasteiger partial charge in [0.2, 0.25) is 0 Å². The molecule has 0 aliphatic rings. The zero-order valence-electron chi connectivity index (χ0n) is 13.3. The zero-order chi connectivity index (χ0) is 18.6. The van der Waals surface area contributed by atoms with Gasteiger partial charge >= 0.3 is 12.3 Å². The molecule has 1 aromatic heterocycles. The van der Waals surface area contributed by atoms with Gasteiger partial charge in [-0.05, 0) is 35.0 Å². The molecule has 25 heavy (non-hydrogen) atoms. The third kappa shape index (κ3) is 5.12. The van der Waals surface area contributed by atoms with Gasteiger partial charge in [0.05, 0.1) is 11.1 Å². The molecular weight excluding hydrogens is 409 g/mol. The van der Waals surface area contributed by atoms with E-state index in [0.717, 1.165) is 12.1 Å². The fraction of sp³-hybridized carbons (Fsp3) is 0.333. The maximum absolute atomic E-state index is 12.2. The molecule has 0 bridgehead atoms. The van der Waals surface area contributed by atoms with E-state index in [1.807, 2.05) is 0 Å². The van der Waals surface area contributed by atoms with Crippen molar-refractivity contribution < 1.29 is 32.2 Å². The highest BCUT2D eigenvalue weighted by atomic mass is 79.9. The van der Waals surface area contributed by atoms with E-state index >= 15 is 0 Å². The van der Waals surface area contributed by atoms with Gasteiger partial charge in [-0.25, -0.2) is 4.79 Å². The van der Waals surface area contributed by atoms with Crippen LogP contribution in [0.2, 0.25) is 0 Å². The second-order valence-corrected chi connectivity index (χ2v) is 5.56. The van der Waals surface area contributed by atoms with E-state index in [-0.39, 0.29) is 24.7 Å². The summed E-state index contributed by atoms with van der Waals surface area (Å²) in [4.78, 5) is 11.9. The molecule has 6 nitrogen and oxygen atoms in total. The van der Waals surface area contributed by atoms with Crippen molar-refractivity contribution in [1.82, 2.24) is 9.78 Å². The standard InChI is InChI=1S/C15H14BrF3N2O4/c1-3-23-14(22)13-12(16)11(20-21(13)2)8-24-9-5-4-6-10(7-9)25-15(17,18)19/h4-7H,3,8H2,1-2H3. The van der Waals surface area contributed by atoms with Crippen LogP contribution < -0.4 is 9.47 Å². The summed E-state index contributed by atoms with van der Waals surface area (Å²) in [6.07, 6.45) is -4.78. The van der Waals surface area contributed by atoms with Gasteiger partial charge in [-0.1, -0.05) is 6.07 Å². The van der Waals surface area contributed by atoms with E-state index in [1.165, 1.54) is 16.8 Å². The minimum absolute atomic E-state index is 0.0662. The number of halogens is 4. The molecule has 1 aromatic carbocycles. The van der Waals surface area contributed by atoms with Gasteiger partial charge in [-0.15, -0.1) is 13.2 Å². The first-order valence-corrected chi connectivity index (χ1v) is 7.87. The van der Waals surface area contributed by atoms with E-state index in [0.29, 0.717) is 10.2 Å². The second-order valence-electron chi connectivity index (χ2n) is 4.76. The van der Waals surface area contributed by atoms with Crippen LogP contribution in [-0.4, -0.2) is 28.7 Å². The van der Waals surface area contributed by atoms with Crippen LogP contribution >= 0.6 is 15.9 Å². The number of hydrogen-bond acceptors (Lipinski definition) is 5. The Bertz CT molecular complexity index is 762. The van der Waals surface area contributed by atoms with E-state index in [2.05, 4.69) is 25.8 Å². The van der Waals surface area contributed by atoms with Gasteiger partial charge in [-0.3, -0.25) is 4.68 Å². The monoisotopic (exact) mass is 422 g/mol. The molecular formula is C15H14BrF3N2O4. The predicted octanol–water partition coefficient (Wildman–Crippen LogP) is 3.84. The average Bonchev–Trinajstić information content (AvgIpc) is 2.78. The Morgan fingerprint density at radius 3 is 2.64 bits per heavy atom. The highest BCUT2D eigenvalue weighted by molar-refractivity contribution is 9.10. The van der Waals surface area contributed by atoms with E-state index in [1.54, 1.807) is 14.0 Å². The Morgan fingerprint density at radius 2 is 2.00 bits per heavy atom. The molecule has 0 amide bonds. The minimum atomic E-state index is -4.78. The van der Waals surface area contributed by atoms with Crippen molar-refractivity contribution in [3.8, 4) is 11.5 Å². The van der Waals surface area contributed by atoms with Crippen molar-refractivity contribution in [2.45, 2.75) is 19.9 Å². The molecule has 0 atom stereocenters. The normalized spacial score (nSPS) is 11.3. The molecule has 0 spiro atoms. The lowest BCUT2D eigenvalue weighted by molar-refractivity contribution is -0.274. The van der Waals surface area contributed by atoms with Crippen molar-refractivity contribution in [1.29, 1.82) is 0 Å². The fourth-order valence-corrected chi connectivity index (χ4v) is 2.59. The summed E-state index contributed by atoms with van der Waals surface area (Å²) < 4.78 is 52.6. The molecule has 10 heteroatoms. The number of aryl methyl sites for hydroxylation is 1. The average molecular weight is 423 g/mol. The van der Waals surface area contributed by atoms with Crippen molar-refractivity contribution in [3.63, 3.8) is 0 Å². The van der Waals surface area contributed by atoms with Gasteiger partial charge < -0.3 is 14.2 Å². The third-order valence-corrected chi connectivity index (χ3v) is 3.77.